The number of nitrogens with zero attached hydrogens (tertiary/aromatic N) is 1. The minimum Gasteiger partial charge on any atom is -0.467 e. The summed E-state index contributed by atoms with van der Waals surface area (Å²) in [7, 11) is 1.75. The zero-order valence-electron chi connectivity index (χ0n) is 13.1. The molecular weight excluding hydrogens is 292 g/mol. The summed E-state index contributed by atoms with van der Waals surface area (Å²) in [6.07, 6.45) is 2.21. The van der Waals surface area contributed by atoms with E-state index in [0.29, 0.717) is 19.6 Å². The monoisotopic (exact) mass is 316 g/mol. The largest absolute Gasteiger partial charge is 0.467 e. The molecule has 0 saturated heterocycles. The standard InChI is InChI=1S/C15H24N2O3.ClH/c1-5-19-12-9-15(16,14(12,2)3)13(18)17(4)10-11-7-6-8-20-11;/h6-8,12H,5,9-10,16H2,1-4H3;1H. The Kier molecular flexibility index (Phi) is 5.47. The molecule has 2 atom stereocenters. The Bertz CT molecular complexity index is 475. The molecule has 1 amide bonds. The second kappa shape index (κ2) is 6.38. The first kappa shape index (κ1) is 18.0. The SMILES string of the molecule is CCOC1CC(N)(C(=O)N(C)Cc2ccco2)C1(C)C.Cl. The molecule has 2 N–H and O–H groups in total. The van der Waals surface area contributed by atoms with Crippen LogP contribution in [0.15, 0.2) is 22.8 Å². The quantitative estimate of drug-likeness (QED) is 0.904. The van der Waals surface area contributed by atoms with Crippen LogP contribution in [-0.2, 0) is 16.1 Å². The normalized spacial score (nSPS) is 26.6. The maximum atomic E-state index is 12.6. The first-order valence-electron chi connectivity index (χ1n) is 7.01. The third-order valence-corrected chi connectivity index (χ3v) is 4.53. The Morgan fingerprint density at radius 1 is 1.57 bits per heavy atom. The molecule has 0 aliphatic heterocycles. The van der Waals surface area contributed by atoms with E-state index in [1.807, 2.05) is 32.9 Å². The summed E-state index contributed by atoms with van der Waals surface area (Å²) in [6.45, 7) is 7.02. The molecule has 21 heavy (non-hydrogen) atoms. The van der Waals surface area contributed by atoms with Crippen molar-refractivity contribution in [2.24, 2.45) is 11.1 Å². The van der Waals surface area contributed by atoms with Crippen LogP contribution in [0.1, 0.15) is 33.0 Å². The van der Waals surface area contributed by atoms with Gasteiger partial charge < -0.3 is 19.8 Å². The fourth-order valence-corrected chi connectivity index (χ4v) is 2.85. The second-order valence-electron chi connectivity index (χ2n) is 6.08. The summed E-state index contributed by atoms with van der Waals surface area (Å²) in [5, 5.41) is 0. The Morgan fingerprint density at radius 3 is 2.71 bits per heavy atom. The lowest BCUT2D eigenvalue weighted by molar-refractivity contribution is -0.178. The van der Waals surface area contributed by atoms with Crippen molar-refractivity contribution in [2.75, 3.05) is 13.7 Å². The van der Waals surface area contributed by atoms with E-state index in [2.05, 4.69) is 0 Å². The van der Waals surface area contributed by atoms with Crippen molar-refractivity contribution < 1.29 is 13.9 Å². The molecule has 2 rings (SSSR count). The zero-order chi connectivity index (χ0) is 15.0. The molecule has 0 bridgehead atoms. The molecule has 1 aliphatic carbocycles. The van der Waals surface area contributed by atoms with Gasteiger partial charge in [0.15, 0.2) is 0 Å². The number of hydrogen-bond acceptors (Lipinski definition) is 4. The third kappa shape index (κ3) is 2.96. The van der Waals surface area contributed by atoms with Crippen molar-refractivity contribution in [3.05, 3.63) is 24.2 Å². The smallest absolute Gasteiger partial charge is 0.243 e. The summed E-state index contributed by atoms with van der Waals surface area (Å²) in [4.78, 5) is 14.3. The van der Waals surface area contributed by atoms with E-state index in [1.54, 1.807) is 18.2 Å². The van der Waals surface area contributed by atoms with Crippen molar-refractivity contribution in [3.63, 3.8) is 0 Å². The average Bonchev–Trinajstić information content (AvgIpc) is 2.90. The van der Waals surface area contributed by atoms with Gasteiger partial charge in [-0.3, -0.25) is 4.79 Å². The number of carbonyl (C=O) groups is 1. The van der Waals surface area contributed by atoms with Gasteiger partial charge in [-0.2, -0.15) is 0 Å². The van der Waals surface area contributed by atoms with Crippen LogP contribution >= 0.6 is 12.4 Å². The lowest BCUT2D eigenvalue weighted by Gasteiger charge is -2.58. The first-order chi connectivity index (χ1) is 9.33. The number of hydrogen-bond donors (Lipinski definition) is 1. The van der Waals surface area contributed by atoms with Crippen LogP contribution < -0.4 is 5.73 Å². The second-order valence-corrected chi connectivity index (χ2v) is 6.08. The van der Waals surface area contributed by atoms with E-state index >= 15 is 0 Å². The van der Waals surface area contributed by atoms with Gasteiger partial charge in [0.05, 0.1) is 18.9 Å². The molecule has 2 unspecified atom stereocenters. The number of nitrogens with two attached hydrogens (primary N) is 1. The van der Waals surface area contributed by atoms with Gasteiger partial charge in [0.25, 0.3) is 0 Å². The molecule has 0 radical (unpaired) electrons. The summed E-state index contributed by atoms with van der Waals surface area (Å²) in [5.74, 6) is 0.692. The molecule has 0 aromatic carbocycles. The molecule has 1 heterocycles. The first-order valence-corrected chi connectivity index (χ1v) is 7.01. The van der Waals surface area contributed by atoms with E-state index in [9.17, 15) is 4.79 Å². The number of carbonyl (C=O) groups excluding carboxylic acids is 1. The van der Waals surface area contributed by atoms with E-state index in [0.717, 1.165) is 5.76 Å². The lowest BCUT2D eigenvalue weighted by atomic mass is 9.54. The van der Waals surface area contributed by atoms with Crippen LogP contribution in [0.25, 0.3) is 0 Å². The Morgan fingerprint density at radius 2 is 2.24 bits per heavy atom. The van der Waals surface area contributed by atoms with Crippen LogP contribution in [0.3, 0.4) is 0 Å². The summed E-state index contributed by atoms with van der Waals surface area (Å²) in [6, 6.07) is 3.66. The van der Waals surface area contributed by atoms with Crippen LogP contribution in [0.5, 0.6) is 0 Å². The Labute approximate surface area is 132 Å². The van der Waals surface area contributed by atoms with Crippen LogP contribution in [0.4, 0.5) is 0 Å². The van der Waals surface area contributed by atoms with E-state index < -0.39 is 5.54 Å². The molecular formula is C15H25ClN2O3. The number of rotatable bonds is 5. The number of halogens is 1. The van der Waals surface area contributed by atoms with Crippen LogP contribution in [0, 0.1) is 5.41 Å². The van der Waals surface area contributed by atoms with Crippen LogP contribution in [0.2, 0.25) is 0 Å². The van der Waals surface area contributed by atoms with Gasteiger partial charge in [-0.25, -0.2) is 0 Å². The maximum Gasteiger partial charge on any atom is 0.243 e. The fourth-order valence-electron chi connectivity index (χ4n) is 2.85. The summed E-state index contributed by atoms with van der Waals surface area (Å²) >= 11 is 0. The van der Waals surface area contributed by atoms with Crippen molar-refractivity contribution in [1.82, 2.24) is 4.90 Å². The zero-order valence-corrected chi connectivity index (χ0v) is 13.9. The van der Waals surface area contributed by atoms with E-state index in [-0.39, 0.29) is 29.8 Å². The molecule has 5 nitrogen and oxygen atoms in total. The van der Waals surface area contributed by atoms with Gasteiger partial charge in [0.1, 0.15) is 11.3 Å². The van der Waals surface area contributed by atoms with E-state index in [4.69, 9.17) is 14.9 Å². The Hall–Kier alpha value is -1.04. The average molecular weight is 317 g/mol. The highest BCUT2D eigenvalue weighted by atomic mass is 35.5. The molecule has 0 spiro atoms. The third-order valence-electron chi connectivity index (χ3n) is 4.53. The number of likely N-dealkylation sites (N-methyl/N-ethyl adjacent to an activating group) is 1. The van der Waals surface area contributed by atoms with Gasteiger partial charge in [0, 0.05) is 25.5 Å². The molecule has 1 aromatic heterocycles. The number of amides is 1. The molecule has 1 saturated carbocycles. The highest BCUT2D eigenvalue weighted by molar-refractivity contribution is 5.88. The van der Waals surface area contributed by atoms with Gasteiger partial charge in [0.2, 0.25) is 5.91 Å². The van der Waals surface area contributed by atoms with Crippen molar-refractivity contribution in [2.45, 2.75) is 45.4 Å². The fraction of sp³-hybridized carbons (Fsp3) is 0.667. The minimum atomic E-state index is -0.867. The molecule has 1 fully saturated rings. The maximum absolute atomic E-state index is 12.6. The Balaban J connectivity index is 0.00000220. The predicted molar refractivity (Wildman–Crippen MR) is 83.2 cm³/mol. The highest BCUT2D eigenvalue weighted by Gasteiger charge is 2.63. The van der Waals surface area contributed by atoms with Crippen molar-refractivity contribution in [3.8, 4) is 0 Å². The van der Waals surface area contributed by atoms with Gasteiger partial charge in [-0.1, -0.05) is 13.8 Å². The lowest BCUT2D eigenvalue weighted by Crippen LogP contribution is -2.75. The van der Waals surface area contributed by atoms with Gasteiger partial charge in [-0.15, -0.1) is 12.4 Å². The predicted octanol–water partition coefficient (Wildman–Crippen LogP) is 2.19. The molecule has 1 aliphatic rings. The van der Waals surface area contributed by atoms with Crippen molar-refractivity contribution in [1.29, 1.82) is 0 Å². The minimum absolute atomic E-state index is 0. The topological polar surface area (TPSA) is 68.7 Å². The summed E-state index contributed by atoms with van der Waals surface area (Å²) in [5.41, 5.74) is 5.14. The molecule has 1 aromatic rings. The van der Waals surface area contributed by atoms with Gasteiger partial charge >= 0.3 is 0 Å². The molecule has 120 valence electrons. The number of furan rings is 1. The summed E-state index contributed by atoms with van der Waals surface area (Å²) < 4.78 is 10.9. The van der Waals surface area contributed by atoms with Gasteiger partial charge in [-0.05, 0) is 19.1 Å². The number of ether oxygens (including phenoxy) is 1. The van der Waals surface area contributed by atoms with Crippen molar-refractivity contribution >= 4 is 18.3 Å². The molecule has 6 heteroatoms. The van der Waals surface area contributed by atoms with E-state index in [1.165, 1.54) is 0 Å². The van der Waals surface area contributed by atoms with Crippen LogP contribution in [-0.4, -0.2) is 36.1 Å². The highest BCUT2D eigenvalue weighted by Crippen LogP contribution is 2.50.